The number of methoxy groups -OCH3 is 1. The van der Waals surface area contributed by atoms with E-state index in [-0.39, 0.29) is 11.5 Å². The van der Waals surface area contributed by atoms with Gasteiger partial charge >= 0.3 is 0 Å². The summed E-state index contributed by atoms with van der Waals surface area (Å²) in [5.41, 5.74) is 2.58. The summed E-state index contributed by atoms with van der Waals surface area (Å²) in [6.45, 7) is 0.259. The summed E-state index contributed by atoms with van der Waals surface area (Å²) in [6.07, 6.45) is 1.18. The van der Waals surface area contributed by atoms with E-state index in [0.717, 1.165) is 28.5 Å². The molecule has 1 aliphatic heterocycles. The third-order valence-corrected chi connectivity index (χ3v) is 5.89. The largest absolute Gasteiger partial charge is 0.497 e. The Labute approximate surface area is 159 Å². The molecule has 0 aliphatic carbocycles. The molecule has 0 unspecified atom stereocenters. The van der Waals surface area contributed by atoms with Crippen molar-refractivity contribution in [1.82, 2.24) is 9.55 Å². The van der Waals surface area contributed by atoms with E-state index in [0.29, 0.717) is 10.4 Å². The lowest BCUT2D eigenvalue weighted by Crippen LogP contribution is -2.14. The van der Waals surface area contributed by atoms with Gasteiger partial charge in [0.2, 0.25) is 0 Å². The van der Waals surface area contributed by atoms with Crippen molar-refractivity contribution < 1.29 is 17.9 Å². The lowest BCUT2D eigenvalue weighted by atomic mass is 10.1. The highest BCUT2D eigenvalue weighted by Gasteiger charge is 2.26. The third-order valence-electron chi connectivity index (χ3n) is 4.22. The van der Waals surface area contributed by atoms with E-state index in [1.54, 1.807) is 25.3 Å². The summed E-state index contributed by atoms with van der Waals surface area (Å²) in [5.74, 6) is 2.02. The molecule has 0 radical (unpaired) electrons. The molecule has 0 bridgehead atoms. The fourth-order valence-electron chi connectivity index (χ4n) is 2.96. The molecule has 0 fully saturated rings. The van der Waals surface area contributed by atoms with Gasteiger partial charge in [-0.25, -0.2) is 13.4 Å². The topological polar surface area (TPSA) is 70.4 Å². The Kier molecular flexibility index (Phi) is 4.04. The van der Waals surface area contributed by atoms with Crippen LogP contribution in [0.25, 0.3) is 16.9 Å². The van der Waals surface area contributed by atoms with Crippen molar-refractivity contribution in [3.8, 4) is 28.4 Å². The zero-order chi connectivity index (χ0) is 18.5. The molecule has 4 rings (SSSR count). The predicted octanol–water partition coefficient (Wildman–Crippen LogP) is 3.61. The van der Waals surface area contributed by atoms with E-state index in [4.69, 9.17) is 9.47 Å². The van der Waals surface area contributed by atoms with Crippen LogP contribution < -0.4 is 9.47 Å². The summed E-state index contributed by atoms with van der Waals surface area (Å²) in [6, 6.07) is 12.6. The molecule has 2 heterocycles. The second-order valence-corrected chi connectivity index (χ2v) is 8.69. The molecular weight excluding hydrogens is 420 g/mol. The van der Waals surface area contributed by atoms with Crippen molar-refractivity contribution in [2.45, 2.75) is 11.5 Å². The molecule has 1 aromatic heterocycles. The van der Waals surface area contributed by atoms with Gasteiger partial charge in [0.1, 0.15) is 22.7 Å². The minimum Gasteiger partial charge on any atom is -0.497 e. The predicted molar refractivity (Wildman–Crippen MR) is 101 cm³/mol. The molecule has 0 amide bonds. The van der Waals surface area contributed by atoms with E-state index in [1.807, 2.05) is 28.8 Å². The number of hydrogen-bond donors (Lipinski definition) is 0. The van der Waals surface area contributed by atoms with E-state index in [2.05, 4.69) is 20.9 Å². The molecule has 0 atom stereocenters. The van der Waals surface area contributed by atoms with Crippen LogP contribution in [0.15, 0.2) is 52.0 Å². The van der Waals surface area contributed by atoms with Crippen LogP contribution in [0.3, 0.4) is 0 Å². The molecule has 2 aromatic carbocycles. The number of nitrogens with zero attached hydrogens (tertiary/aromatic N) is 2. The highest BCUT2D eigenvalue weighted by atomic mass is 79.9. The smallest absolute Gasteiger partial charge is 0.175 e. The lowest BCUT2D eigenvalue weighted by molar-refractivity contribution is 0.279. The Hall–Kier alpha value is -2.32. The van der Waals surface area contributed by atoms with Gasteiger partial charge in [-0.05, 0) is 52.3 Å². The standard InChI is InChI=1S/C18H15BrN2O4S/c1-24-12-5-3-11(4-6-12)17-18(19)20-16-10-25-15-9-13(26(2,22)23)7-8-14(15)21(16)17/h3-9H,10H2,1-2H3. The maximum absolute atomic E-state index is 11.8. The van der Waals surface area contributed by atoms with Crippen LogP contribution >= 0.6 is 15.9 Å². The Morgan fingerprint density at radius 3 is 2.58 bits per heavy atom. The average molecular weight is 435 g/mol. The molecular formula is C18H15BrN2O4S. The van der Waals surface area contributed by atoms with Crippen LogP contribution in [0.5, 0.6) is 11.5 Å². The molecule has 3 aromatic rings. The highest BCUT2D eigenvalue weighted by Crippen LogP contribution is 2.39. The maximum atomic E-state index is 11.8. The first kappa shape index (κ1) is 17.1. The van der Waals surface area contributed by atoms with Crippen LogP contribution in [0.1, 0.15) is 5.82 Å². The molecule has 26 heavy (non-hydrogen) atoms. The van der Waals surface area contributed by atoms with Gasteiger partial charge in [0.05, 0.1) is 23.4 Å². The van der Waals surface area contributed by atoms with Crippen LogP contribution in [-0.2, 0) is 16.4 Å². The van der Waals surface area contributed by atoms with Crippen LogP contribution in [0.4, 0.5) is 0 Å². The summed E-state index contributed by atoms with van der Waals surface area (Å²) >= 11 is 3.53. The van der Waals surface area contributed by atoms with Crippen molar-refractivity contribution in [3.63, 3.8) is 0 Å². The molecule has 0 spiro atoms. The van der Waals surface area contributed by atoms with Gasteiger partial charge in [0.25, 0.3) is 0 Å². The van der Waals surface area contributed by atoms with Gasteiger partial charge in [-0.2, -0.15) is 0 Å². The molecule has 0 saturated carbocycles. The van der Waals surface area contributed by atoms with Gasteiger partial charge in [0.15, 0.2) is 15.7 Å². The first-order valence-electron chi connectivity index (χ1n) is 7.77. The number of fused-ring (bicyclic) bond motifs is 3. The Morgan fingerprint density at radius 1 is 1.19 bits per heavy atom. The van der Waals surface area contributed by atoms with Crippen LogP contribution in [0.2, 0.25) is 0 Å². The van der Waals surface area contributed by atoms with Crippen molar-refractivity contribution in [1.29, 1.82) is 0 Å². The SMILES string of the molecule is COc1ccc(-c2c(Br)nc3n2-c2ccc(S(C)(=O)=O)cc2OC3)cc1. The normalized spacial score (nSPS) is 12.9. The van der Waals surface area contributed by atoms with Gasteiger partial charge < -0.3 is 9.47 Å². The summed E-state index contributed by atoms with van der Waals surface area (Å²) in [5, 5.41) is 0. The maximum Gasteiger partial charge on any atom is 0.175 e. The molecule has 0 saturated heterocycles. The third kappa shape index (κ3) is 2.79. The minimum atomic E-state index is -3.31. The number of benzene rings is 2. The van der Waals surface area contributed by atoms with Gasteiger partial charge in [0, 0.05) is 17.9 Å². The molecule has 1 aliphatic rings. The minimum absolute atomic E-state index is 0.227. The molecule has 134 valence electrons. The Balaban J connectivity index is 1.90. The van der Waals surface area contributed by atoms with Gasteiger partial charge in [-0.15, -0.1) is 0 Å². The number of halogens is 1. The average Bonchev–Trinajstić information content (AvgIpc) is 2.97. The lowest BCUT2D eigenvalue weighted by Gasteiger charge is -2.22. The number of hydrogen-bond acceptors (Lipinski definition) is 5. The van der Waals surface area contributed by atoms with E-state index in [1.165, 1.54) is 6.26 Å². The number of imidazole rings is 1. The first-order valence-corrected chi connectivity index (χ1v) is 10.5. The second-order valence-electron chi connectivity index (χ2n) is 5.92. The van der Waals surface area contributed by atoms with E-state index in [9.17, 15) is 8.42 Å². The Bertz CT molecular complexity index is 1100. The fourth-order valence-corrected chi connectivity index (χ4v) is 4.21. The van der Waals surface area contributed by atoms with Crippen molar-refractivity contribution in [2.75, 3.05) is 13.4 Å². The number of aromatic nitrogens is 2. The Morgan fingerprint density at radius 2 is 1.92 bits per heavy atom. The van der Waals surface area contributed by atoms with E-state index < -0.39 is 9.84 Å². The monoisotopic (exact) mass is 434 g/mol. The van der Waals surface area contributed by atoms with Gasteiger partial charge in [-0.3, -0.25) is 4.57 Å². The quantitative estimate of drug-likeness (QED) is 0.629. The summed E-state index contributed by atoms with van der Waals surface area (Å²) in [7, 11) is -1.68. The van der Waals surface area contributed by atoms with Crippen LogP contribution in [-0.4, -0.2) is 31.3 Å². The zero-order valence-corrected chi connectivity index (χ0v) is 16.5. The number of ether oxygens (including phenoxy) is 2. The molecule has 8 heteroatoms. The molecule has 0 N–H and O–H groups in total. The van der Waals surface area contributed by atoms with Crippen molar-refractivity contribution in [3.05, 3.63) is 52.9 Å². The fraction of sp³-hybridized carbons (Fsp3) is 0.167. The summed E-state index contributed by atoms with van der Waals surface area (Å²) < 4.78 is 37.3. The van der Waals surface area contributed by atoms with Crippen molar-refractivity contribution in [2.24, 2.45) is 0 Å². The highest BCUT2D eigenvalue weighted by molar-refractivity contribution is 9.10. The van der Waals surface area contributed by atoms with Crippen molar-refractivity contribution >= 4 is 25.8 Å². The molecule has 6 nitrogen and oxygen atoms in total. The second kappa shape index (κ2) is 6.14. The zero-order valence-electron chi connectivity index (χ0n) is 14.1. The van der Waals surface area contributed by atoms with Crippen LogP contribution in [0, 0.1) is 0 Å². The van der Waals surface area contributed by atoms with Gasteiger partial charge in [-0.1, -0.05) is 0 Å². The first-order chi connectivity index (χ1) is 12.4. The summed E-state index contributed by atoms with van der Waals surface area (Å²) in [4.78, 5) is 4.77. The number of rotatable bonds is 3. The number of sulfone groups is 1. The van der Waals surface area contributed by atoms with E-state index >= 15 is 0 Å².